The van der Waals surface area contributed by atoms with Gasteiger partial charge in [-0.05, 0) is 26.0 Å². The quantitative estimate of drug-likeness (QED) is 0.550. The highest BCUT2D eigenvalue weighted by Gasteiger charge is 2.10. The Morgan fingerprint density at radius 3 is 2.74 bits per heavy atom. The maximum atomic E-state index is 5.51. The van der Waals surface area contributed by atoms with E-state index < -0.39 is 0 Å². The van der Waals surface area contributed by atoms with Gasteiger partial charge in [-0.1, -0.05) is 17.8 Å². The zero-order chi connectivity index (χ0) is 13.5. The fraction of sp³-hybridized carbons (Fsp3) is 0.538. The Balaban J connectivity index is 1.88. The van der Waals surface area contributed by atoms with Gasteiger partial charge < -0.3 is 9.47 Å². The molecule has 0 bridgehead atoms. The standard InChI is InChI=1S/C13H19N3O2S/c1-3-17-12(18-4-2)8-10-19-13-15-14-11-7-5-6-9-16(11)13/h5-7,9,12H,3-4,8,10H2,1-2H3. The molecule has 0 aliphatic heterocycles. The van der Waals surface area contributed by atoms with Crippen LogP contribution < -0.4 is 0 Å². The number of hydrogen-bond acceptors (Lipinski definition) is 5. The monoisotopic (exact) mass is 281 g/mol. The molecule has 2 aromatic rings. The van der Waals surface area contributed by atoms with Crippen molar-refractivity contribution >= 4 is 17.4 Å². The van der Waals surface area contributed by atoms with Crippen molar-refractivity contribution in [2.45, 2.75) is 31.7 Å². The highest BCUT2D eigenvalue weighted by Crippen LogP contribution is 2.18. The highest BCUT2D eigenvalue weighted by molar-refractivity contribution is 7.99. The number of aromatic nitrogens is 3. The van der Waals surface area contributed by atoms with Crippen LogP contribution in [0.1, 0.15) is 20.3 Å². The molecule has 0 unspecified atom stereocenters. The summed E-state index contributed by atoms with van der Waals surface area (Å²) in [6.45, 7) is 5.29. The molecule has 0 saturated carbocycles. The molecule has 0 amide bonds. The first-order valence-electron chi connectivity index (χ1n) is 6.51. The lowest BCUT2D eigenvalue weighted by Gasteiger charge is -2.16. The lowest BCUT2D eigenvalue weighted by atomic mass is 10.5. The summed E-state index contributed by atoms with van der Waals surface area (Å²) in [5.41, 5.74) is 0.871. The van der Waals surface area contributed by atoms with Gasteiger partial charge >= 0.3 is 0 Å². The van der Waals surface area contributed by atoms with Crippen molar-refractivity contribution in [1.82, 2.24) is 14.6 Å². The first-order chi connectivity index (χ1) is 9.35. The number of hydrogen-bond donors (Lipinski definition) is 0. The van der Waals surface area contributed by atoms with Crippen LogP contribution in [0.25, 0.3) is 5.65 Å². The van der Waals surface area contributed by atoms with E-state index in [4.69, 9.17) is 9.47 Å². The fourth-order valence-corrected chi connectivity index (χ4v) is 2.64. The second kappa shape index (κ2) is 7.47. The Labute approximate surface area is 117 Å². The minimum Gasteiger partial charge on any atom is -0.353 e. The molecule has 5 nitrogen and oxygen atoms in total. The Morgan fingerprint density at radius 1 is 1.21 bits per heavy atom. The molecule has 0 atom stereocenters. The summed E-state index contributed by atoms with van der Waals surface area (Å²) in [6, 6.07) is 5.88. The maximum Gasteiger partial charge on any atom is 0.195 e. The first-order valence-corrected chi connectivity index (χ1v) is 7.49. The molecule has 0 N–H and O–H groups in total. The van der Waals surface area contributed by atoms with Gasteiger partial charge in [-0.25, -0.2) is 0 Å². The molecule has 0 aliphatic carbocycles. The summed E-state index contributed by atoms with van der Waals surface area (Å²) in [5, 5.41) is 9.20. The molecule has 6 heteroatoms. The summed E-state index contributed by atoms with van der Waals surface area (Å²) in [4.78, 5) is 0. The number of fused-ring (bicyclic) bond motifs is 1. The summed E-state index contributed by atoms with van der Waals surface area (Å²) >= 11 is 1.67. The van der Waals surface area contributed by atoms with Gasteiger partial charge in [-0.15, -0.1) is 10.2 Å². The number of thioether (sulfide) groups is 1. The van der Waals surface area contributed by atoms with Gasteiger partial charge in [0, 0.05) is 31.6 Å². The van der Waals surface area contributed by atoms with Gasteiger partial charge in [0.25, 0.3) is 0 Å². The molecular weight excluding hydrogens is 262 g/mol. The van der Waals surface area contributed by atoms with E-state index in [1.165, 1.54) is 0 Å². The number of pyridine rings is 1. The SMILES string of the molecule is CCOC(CCSc1nnc2ccccn12)OCC. The summed E-state index contributed by atoms with van der Waals surface area (Å²) in [5.74, 6) is 0.889. The molecule has 19 heavy (non-hydrogen) atoms. The lowest BCUT2D eigenvalue weighted by Crippen LogP contribution is -2.18. The van der Waals surface area contributed by atoms with E-state index in [1.54, 1.807) is 11.8 Å². The molecule has 2 rings (SSSR count). The average molecular weight is 281 g/mol. The van der Waals surface area contributed by atoms with Crippen LogP contribution in [-0.2, 0) is 9.47 Å². The van der Waals surface area contributed by atoms with Gasteiger partial charge in [-0.2, -0.15) is 0 Å². The summed E-state index contributed by atoms with van der Waals surface area (Å²) < 4.78 is 13.0. The number of ether oxygens (including phenoxy) is 2. The summed E-state index contributed by atoms with van der Waals surface area (Å²) in [7, 11) is 0. The van der Waals surface area contributed by atoms with E-state index in [-0.39, 0.29) is 6.29 Å². The van der Waals surface area contributed by atoms with E-state index in [9.17, 15) is 0 Å². The molecule has 0 aromatic carbocycles. The third-order valence-corrected chi connectivity index (χ3v) is 3.55. The zero-order valence-corrected chi connectivity index (χ0v) is 12.1. The molecule has 0 spiro atoms. The summed E-state index contributed by atoms with van der Waals surface area (Å²) in [6.07, 6.45) is 2.69. The minimum atomic E-state index is -0.123. The molecule has 0 fully saturated rings. The van der Waals surface area contributed by atoms with E-state index in [0.29, 0.717) is 13.2 Å². The van der Waals surface area contributed by atoms with Crippen molar-refractivity contribution in [3.8, 4) is 0 Å². The van der Waals surface area contributed by atoms with Crippen LogP contribution in [0, 0.1) is 0 Å². The van der Waals surface area contributed by atoms with Crippen LogP contribution >= 0.6 is 11.8 Å². The molecule has 0 aliphatic rings. The van der Waals surface area contributed by atoms with Gasteiger partial charge in [0.1, 0.15) is 0 Å². The van der Waals surface area contributed by atoms with E-state index in [0.717, 1.165) is 23.0 Å². The van der Waals surface area contributed by atoms with Gasteiger partial charge in [0.05, 0.1) is 0 Å². The topological polar surface area (TPSA) is 48.7 Å². The van der Waals surface area contributed by atoms with E-state index >= 15 is 0 Å². The van der Waals surface area contributed by atoms with Gasteiger partial charge in [0.2, 0.25) is 0 Å². The Morgan fingerprint density at radius 2 is 2.00 bits per heavy atom. The Kier molecular flexibility index (Phi) is 5.62. The Bertz CT molecular complexity index is 497. The highest BCUT2D eigenvalue weighted by atomic mass is 32.2. The zero-order valence-electron chi connectivity index (χ0n) is 11.3. The second-order valence-corrected chi connectivity index (χ2v) is 4.95. The fourth-order valence-electron chi connectivity index (χ4n) is 1.75. The average Bonchev–Trinajstić information content (AvgIpc) is 2.83. The third kappa shape index (κ3) is 3.92. The predicted molar refractivity (Wildman–Crippen MR) is 75.4 cm³/mol. The maximum absolute atomic E-state index is 5.51. The van der Waals surface area contributed by atoms with E-state index in [2.05, 4.69) is 10.2 Å². The van der Waals surface area contributed by atoms with Crippen molar-refractivity contribution in [3.63, 3.8) is 0 Å². The number of nitrogens with zero attached hydrogens (tertiary/aromatic N) is 3. The van der Waals surface area contributed by atoms with Crippen LogP contribution in [-0.4, -0.2) is 39.9 Å². The van der Waals surface area contributed by atoms with Crippen LogP contribution in [0.4, 0.5) is 0 Å². The molecule has 0 radical (unpaired) electrons. The van der Waals surface area contributed by atoms with Crippen LogP contribution in [0.3, 0.4) is 0 Å². The predicted octanol–water partition coefficient (Wildman–Crippen LogP) is 2.61. The van der Waals surface area contributed by atoms with Gasteiger partial charge in [0.15, 0.2) is 17.1 Å². The van der Waals surface area contributed by atoms with Crippen molar-refractivity contribution in [3.05, 3.63) is 24.4 Å². The van der Waals surface area contributed by atoms with Crippen molar-refractivity contribution in [1.29, 1.82) is 0 Å². The smallest absolute Gasteiger partial charge is 0.195 e. The number of rotatable bonds is 8. The normalized spacial score (nSPS) is 11.5. The van der Waals surface area contributed by atoms with Crippen LogP contribution in [0.15, 0.2) is 29.6 Å². The van der Waals surface area contributed by atoms with E-state index in [1.807, 2.05) is 42.6 Å². The molecule has 2 heterocycles. The molecule has 0 saturated heterocycles. The molecule has 104 valence electrons. The minimum absolute atomic E-state index is 0.123. The first kappa shape index (κ1) is 14.3. The third-order valence-electron chi connectivity index (χ3n) is 2.57. The van der Waals surface area contributed by atoms with Crippen molar-refractivity contribution < 1.29 is 9.47 Å². The second-order valence-electron chi connectivity index (χ2n) is 3.89. The van der Waals surface area contributed by atoms with Gasteiger partial charge in [-0.3, -0.25) is 4.40 Å². The molecule has 2 aromatic heterocycles. The largest absolute Gasteiger partial charge is 0.353 e. The van der Waals surface area contributed by atoms with Crippen LogP contribution in [0.5, 0.6) is 0 Å². The van der Waals surface area contributed by atoms with Crippen LogP contribution in [0.2, 0.25) is 0 Å². The van der Waals surface area contributed by atoms with Crippen molar-refractivity contribution in [2.75, 3.05) is 19.0 Å². The molecular formula is C13H19N3O2S. The Hall–Kier alpha value is -1.11. The van der Waals surface area contributed by atoms with Crippen molar-refractivity contribution in [2.24, 2.45) is 0 Å². The lowest BCUT2D eigenvalue weighted by molar-refractivity contribution is -0.136.